The van der Waals surface area contributed by atoms with Crippen molar-refractivity contribution in [2.45, 2.75) is 6.92 Å². The molecule has 3 nitrogen and oxygen atoms in total. The standard InChI is InChI=1S/C11H16N2OS/c1-9-3-5-10(6-4-9)14-8-7-13-11(15)12-2/h3-6H,7-8H2,1-2H3,(H2,12,13,15). The summed E-state index contributed by atoms with van der Waals surface area (Å²) in [5, 5.41) is 6.49. The molecule has 0 aliphatic heterocycles. The average Bonchev–Trinajstić information content (AvgIpc) is 2.26. The Kier molecular flexibility index (Phi) is 4.90. The topological polar surface area (TPSA) is 33.3 Å². The number of hydrogen-bond acceptors (Lipinski definition) is 2. The van der Waals surface area contributed by atoms with Crippen LogP contribution < -0.4 is 15.4 Å². The van der Waals surface area contributed by atoms with E-state index in [0.29, 0.717) is 18.3 Å². The predicted octanol–water partition coefficient (Wildman–Crippen LogP) is 1.47. The highest BCUT2D eigenvalue weighted by Gasteiger charge is 1.93. The highest BCUT2D eigenvalue weighted by molar-refractivity contribution is 7.80. The third-order valence-corrected chi connectivity index (χ3v) is 2.25. The lowest BCUT2D eigenvalue weighted by Gasteiger charge is -2.08. The molecule has 0 aliphatic rings. The molecule has 0 saturated heterocycles. The van der Waals surface area contributed by atoms with Gasteiger partial charge in [-0.1, -0.05) is 17.7 Å². The first kappa shape index (κ1) is 11.8. The molecule has 4 heteroatoms. The molecule has 1 aromatic rings. The van der Waals surface area contributed by atoms with E-state index in [0.717, 1.165) is 5.75 Å². The minimum Gasteiger partial charge on any atom is -0.492 e. The lowest BCUT2D eigenvalue weighted by Crippen LogP contribution is -2.35. The highest BCUT2D eigenvalue weighted by Crippen LogP contribution is 2.10. The molecule has 0 aliphatic carbocycles. The third kappa shape index (κ3) is 4.65. The Morgan fingerprint density at radius 1 is 1.33 bits per heavy atom. The van der Waals surface area contributed by atoms with Crippen molar-refractivity contribution in [3.05, 3.63) is 29.8 Å². The van der Waals surface area contributed by atoms with E-state index in [1.807, 2.05) is 24.3 Å². The maximum atomic E-state index is 5.51. The van der Waals surface area contributed by atoms with Crippen LogP contribution in [0.4, 0.5) is 0 Å². The molecule has 0 saturated carbocycles. The van der Waals surface area contributed by atoms with Gasteiger partial charge in [-0.05, 0) is 31.3 Å². The van der Waals surface area contributed by atoms with Gasteiger partial charge >= 0.3 is 0 Å². The van der Waals surface area contributed by atoms with E-state index in [4.69, 9.17) is 17.0 Å². The molecule has 0 heterocycles. The van der Waals surface area contributed by atoms with Gasteiger partial charge in [0.05, 0.1) is 6.54 Å². The molecular weight excluding hydrogens is 208 g/mol. The molecule has 1 aromatic carbocycles. The minimum atomic E-state index is 0.602. The smallest absolute Gasteiger partial charge is 0.166 e. The lowest BCUT2D eigenvalue weighted by molar-refractivity contribution is 0.322. The second-order valence-corrected chi connectivity index (χ2v) is 3.58. The molecule has 0 unspecified atom stereocenters. The van der Waals surface area contributed by atoms with Gasteiger partial charge in [0.1, 0.15) is 12.4 Å². The molecule has 1 rings (SSSR count). The first-order valence-electron chi connectivity index (χ1n) is 4.87. The molecule has 0 atom stereocenters. The van der Waals surface area contributed by atoms with Gasteiger partial charge in [-0.25, -0.2) is 0 Å². The van der Waals surface area contributed by atoms with Crippen LogP contribution in [0.25, 0.3) is 0 Å². The van der Waals surface area contributed by atoms with E-state index in [1.165, 1.54) is 5.56 Å². The summed E-state index contributed by atoms with van der Waals surface area (Å²) in [4.78, 5) is 0. The van der Waals surface area contributed by atoms with E-state index in [-0.39, 0.29) is 0 Å². The number of benzene rings is 1. The first-order valence-corrected chi connectivity index (χ1v) is 5.28. The van der Waals surface area contributed by atoms with Crippen molar-refractivity contribution in [2.24, 2.45) is 0 Å². The van der Waals surface area contributed by atoms with Crippen molar-refractivity contribution < 1.29 is 4.74 Å². The van der Waals surface area contributed by atoms with Crippen LogP contribution in [0.3, 0.4) is 0 Å². The zero-order valence-corrected chi connectivity index (χ0v) is 9.86. The molecular formula is C11H16N2OS. The number of rotatable bonds is 4. The zero-order valence-electron chi connectivity index (χ0n) is 9.04. The van der Waals surface area contributed by atoms with Crippen molar-refractivity contribution in [3.8, 4) is 5.75 Å². The van der Waals surface area contributed by atoms with E-state index in [2.05, 4.69) is 17.6 Å². The molecule has 0 aromatic heterocycles. The summed E-state index contributed by atoms with van der Waals surface area (Å²) in [6.45, 7) is 3.36. The van der Waals surface area contributed by atoms with Crippen molar-refractivity contribution in [3.63, 3.8) is 0 Å². The summed E-state index contributed by atoms with van der Waals surface area (Å²) in [6.07, 6.45) is 0. The maximum absolute atomic E-state index is 5.51. The quantitative estimate of drug-likeness (QED) is 0.599. The van der Waals surface area contributed by atoms with Crippen molar-refractivity contribution >= 4 is 17.3 Å². The lowest BCUT2D eigenvalue weighted by atomic mass is 10.2. The van der Waals surface area contributed by atoms with Crippen LogP contribution in [0, 0.1) is 6.92 Å². The number of ether oxygens (including phenoxy) is 1. The summed E-state index contributed by atoms with van der Waals surface area (Å²) >= 11 is 4.92. The van der Waals surface area contributed by atoms with Crippen molar-refractivity contribution in [1.29, 1.82) is 0 Å². The van der Waals surface area contributed by atoms with Gasteiger partial charge < -0.3 is 15.4 Å². The van der Waals surface area contributed by atoms with Crippen LogP contribution in [0.1, 0.15) is 5.56 Å². The third-order valence-electron chi connectivity index (χ3n) is 1.90. The second-order valence-electron chi connectivity index (χ2n) is 3.17. The predicted molar refractivity (Wildman–Crippen MR) is 66.3 cm³/mol. The Labute approximate surface area is 95.8 Å². The molecule has 0 amide bonds. The van der Waals surface area contributed by atoms with Gasteiger partial charge in [-0.3, -0.25) is 0 Å². The Morgan fingerprint density at radius 3 is 2.60 bits per heavy atom. The number of thiocarbonyl (C=S) groups is 1. The van der Waals surface area contributed by atoms with E-state index in [1.54, 1.807) is 7.05 Å². The van der Waals surface area contributed by atoms with Gasteiger partial charge in [0.25, 0.3) is 0 Å². The Balaban J connectivity index is 2.20. The molecule has 2 N–H and O–H groups in total. The molecule has 0 bridgehead atoms. The van der Waals surface area contributed by atoms with Gasteiger partial charge in [0.15, 0.2) is 5.11 Å². The number of nitrogens with one attached hydrogen (secondary N) is 2. The summed E-state index contributed by atoms with van der Waals surface area (Å²) in [7, 11) is 1.79. The number of hydrogen-bond donors (Lipinski definition) is 2. The summed E-state index contributed by atoms with van der Waals surface area (Å²) in [5.74, 6) is 0.887. The van der Waals surface area contributed by atoms with Crippen LogP contribution in [-0.4, -0.2) is 25.3 Å². The normalized spacial score (nSPS) is 9.47. The Morgan fingerprint density at radius 2 is 2.00 bits per heavy atom. The zero-order chi connectivity index (χ0) is 11.1. The fourth-order valence-electron chi connectivity index (χ4n) is 1.06. The average molecular weight is 224 g/mol. The molecule has 0 fully saturated rings. The van der Waals surface area contributed by atoms with Gasteiger partial charge in [-0.2, -0.15) is 0 Å². The van der Waals surface area contributed by atoms with E-state index >= 15 is 0 Å². The van der Waals surface area contributed by atoms with Crippen LogP contribution in [0.2, 0.25) is 0 Å². The van der Waals surface area contributed by atoms with E-state index < -0.39 is 0 Å². The van der Waals surface area contributed by atoms with Gasteiger partial charge in [0.2, 0.25) is 0 Å². The van der Waals surface area contributed by atoms with Crippen LogP contribution in [0.5, 0.6) is 5.75 Å². The summed E-state index contributed by atoms with van der Waals surface area (Å²) in [6, 6.07) is 7.99. The highest BCUT2D eigenvalue weighted by atomic mass is 32.1. The molecule has 82 valence electrons. The van der Waals surface area contributed by atoms with Gasteiger partial charge in [0, 0.05) is 7.05 Å². The largest absolute Gasteiger partial charge is 0.492 e. The van der Waals surface area contributed by atoms with Gasteiger partial charge in [-0.15, -0.1) is 0 Å². The van der Waals surface area contributed by atoms with Crippen molar-refractivity contribution in [2.75, 3.05) is 20.2 Å². The molecule has 15 heavy (non-hydrogen) atoms. The SMILES string of the molecule is CNC(=S)NCCOc1ccc(C)cc1. The first-order chi connectivity index (χ1) is 7.22. The van der Waals surface area contributed by atoms with Crippen molar-refractivity contribution in [1.82, 2.24) is 10.6 Å². The fraction of sp³-hybridized carbons (Fsp3) is 0.364. The summed E-state index contributed by atoms with van der Waals surface area (Å²) in [5.41, 5.74) is 1.23. The molecule has 0 spiro atoms. The second kappa shape index (κ2) is 6.24. The van der Waals surface area contributed by atoms with E-state index in [9.17, 15) is 0 Å². The Bertz CT molecular complexity index is 311. The molecule has 0 radical (unpaired) electrons. The number of aryl methyl sites for hydroxylation is 1. The van der Waals surface area contributed by atoms with Crippen LogP contribution in [-0.2, 0) is 0 Å². The summed E-state index contributed by atoms with van der Waals surface area (Å²) < 4.78 is 5.51. The fourth-order valence-corrected chi connectivity index (χ4v) is 1.16. The Hall–Kier alpha value is -1.29. The van der Waals surface area contributed by atoms with Crippen LogP contribution in [0.15, 0.2) is 24.3 Å². The maximum Gasteiger partial charge on any atom is 0.166 e. The monoisotopic (exact) mass is 224 g/mol. The van der Waals surface area contributed by atoms with Crippen LogP contribution >= 0.6 is 12.2 Å². The minimum absolute atomic E-state index is 0.602.